The molecule has 0 unspecified atom stereocenters. The number of fused-ring (bicyclic) bond motifs is 2. The Bertz CT molecular complexity index is 1270. The van der Waals surface area contributed by atoms with Crippen molar-refractivity contribution < 1.29 is 18.7 Å². The number of rotatable bonds is 6. The average Bonchev–Trinajstić information content (AvgIpc) is 3.28. The summed E-state index contributed by atoms with van der Waals surface area (Å²) in [6.45, 7) is 7.09. The number of H-pyrrole nitrogens is 2. The van der Waals surface area contributed by atoms with Gasteiger partial charge in [0.25, 0.3) is 11.8 Å². The summed E-state index contributed by atoms with van der Waals surface area (Å²) in [7, 11) is 1.80. The van der Waals surface area contributed by atoms with Crippen LogP contribution in [0, 0.1) is 12.7 Å². The predicted octanol–water partition coefficient (Wildman–Crippen LogP) is 3.57. The fraction of sp³-hybridized carbons (Fsp3) is 0.480. The maximum Gasteiger partial charge on any atom is 0.274 e. The quantitative estimate of drug-likeness (QED) is 0.580. The van der Waals surface area contributed by atoms with Gasteiger partial charge in [0.05, 0.1) is 24.8 Å². The van der Waals surface area contributed by atoms with Gasteiger partial charge in [-0.3, -0.25) is 14.7 Å². The predicted molar refractivity (Wildman–Crippen MR) is 125 cm³/mol. The molecule has 0 atom stereocenters. The van der Waals surface area contributed by atoms with Crippen molar-refractivity contribution in [3.8, 4) is 0 Å². The molecule has 9 heteroatoms. The minimum Gasteiger partial charge on any atom is -0.376 e. The van der Waals surface area contributed by atoms with E-state index in [0.29, 0.717) is 36.5 Å². The van der Waals surface area contributed by atoms with Crippen LogP contribution in [0.4, 0.5) is 4.39 Å². The third-order valence-electron chi connectivity index (χ3n) is 7.09. The number of likely N-dealkylation sites (N-methyl/N-ethyl adjacent to an activating group) is 1. The lowest BCUT2D eigenvalue weighted by molar-refractivity contribution is 0.0200. The van der Waals surface area contributed by atoms with Gasteiger partial charge in [-0.2, -0.15) is 5.10 Å². The van der Waals surface area contributed by atoms with E-state index in [9.17, 15) is 14.0 Å². The van der Waals surface area contributed by atoms with E-state index < -0.39 is 0 Å². The highest BCUT2D eigenvalue weighted by Gasteiger charge is 2.50. The van der Waals surface area contributed by atoms with Crippen LogP contribution >= 0.6 is 0 Å². The minimum absolute atomic E-state index is 0.101. The SMILES string of the molecule is Cc1cc(F)cc2[nH]c(C(=O)N3CCc4[nH]nc(C(=O)N(C)C5(COC(C)C)CC5)c4C3)cc12. The molecule has 1 saturated carbocycles. The van der Waals surface area contributed by atoms with Crippen molar-refractivity contribution in [2.24, 2.45) is 0 Å². The number of carbonyl (C=O) groups is 2. The van der Waals surface area contributed by atoms with Crippen LogP contribution in [0.3, 0.4) is 0 Å². The molecule has 2 amide bonds. The van der Waals surface area contributed by atoms with Gasteiger partial charge >= 0.3 is 0 Å². The Morgan fingerprint density at radius 1 is 1.29 bits per heavy atom. The van der Waals surface area contributed by atoms with E-state index in [2.05, 4.69) is 15.2 Å². The smallest absolute Gasteiger partial charge is 0.274 e. The van der Waals surface area contributed by atoms with Crippen LogP contribution < -0.4 is 0 Å². The largest absolute Gasteiger partial charge is 0.376 e. The maximum atomic E-state index is 13.8. The van der Waals surface area contributed by atoms with E-state index in [1.54, 1.807) is 22.9 Å². The van der Waals surface area contributed by atoms with Gasteiger partial charge in [0.1, 0.15) is 11.5 Å². The van der Waals surface area contributed by atoms with Crippen LogP contribution in [-0.4, -0.2) is 68.6 Å². The molecule has 5 rings (SSSR count). The van der Waals surface area contributed by atoms with Crippen LogP contribution in [0.5, 0.6) is 0 Å². The lowest BCUT2D eigenvalue weighted by Crippen LogP contribution is -2.43. The molecule has 0 spiro atoms. The highest BCUT2D eigenvalue weighted by Crippen LogP contribution is 2.42. The first kappa shape index (κ1) is 22.6. The van der Waals surface area contributed by atoms with E-state index in [1.807, 2.05) is 20.8 Å². The number of benzene rings is 1. The van der Waals surface area contributed by atoms with Gasteiger partial charge in [-0.25, -0.2) is 4.39 Å². The molecule has 1 fully saturated rings. The number of ether oxygens (including phenoxy) is 1. The molecule has 0 radical (unpaired) electrons. The number of aromatic amines is 2. The lowest BCUT2D eigenvalue weighted by atomic mass is 10.0. The monoisotopic (exact) mass is 467 g/mol. The molecule has 3 heterocycles. The molecule has 34 heavy (non-hydrogen) atoms. The minimum atomic E-state index is -0.341. The molecular weight excluding hydrogens is 437 g/mol. The van der Waals surface area contributed by atoms with Crippen molar-refractivity contribution >= 4 is 22.7 Å². The third kappa shape index (κ3) is 3.87. The zero-order chi connectivity index (χ0) is 24.2. The first-order valence-electron chi connectivity index (χ1n) is 11.7. The molecule has 2 aromatic heterocycles. The molecular formula is C25H30FN5O3. The number of nitrogens with zero attached hydrogens (tertiary/aromatic N) is 3. The van der Waals surface area contributed by atoms with Crippen LogP contribution in [0.2, 0.25) is 0 Å². The van der Waals surface area contributed by atoms with Crippen molar-refractivity contribution in [3.05, 3.63) is 52.2 Å². The number of hydrogen-bond acceptors (Lipinski definition) is 4. The molecule has 1 aliphatic heterocycles. The van der Waals surface area contributed by atoms with Crippen LogP contribution in [0.1, 0.15) is 64.5 Å². The fourth-order valence-corrected chi connectivity index (χ4v) is 4.72. The Morgan fingerprint density at radius 3 is 2.76 bits per heavy atom. The Kier molecular flexibility index (Phi) is 5.47. The summed E-state index contributed by atoms with van der Waals surface area (Å²) >= 11 is 0. The Balaban J connectivity index is 1.36. The molecule has 0 bridgehead atoms. The van der Waals surface area contributed by atoms with Crippen molar-refractivity contribution in [1.82, 2.24) is 25.0 Å². The van der Waals surface area contributed by atoms with Crippen LogP contribution in [-0.2, 0) is 17.7 Å². The summed E-state index contributed by atoms with van der Waals surface area (Å²) in [6.07, 6.45) is 2.49. The summed E-state index contributed by atoms with van der Waals surface area (Å²) in [5.74, 6) is -0.682. The Morgan fingerprint density at radius 2 is 2.06 bits per heavy atom. The highest BCUT2D eigenvalue weighted by molar-refractivity contribution is 5.99. The van der Waals surface area contributed by atoms with Gasteiger partial charge in [-0.05, 0) is 57.4 Å². The first-order valence-corrected chi connectivity index (χ1v) is 11.7. The summed E-state index contributed by atoms with van der Waals surface area (Å²) < 4.78 is 19.6. The molecule has 1 aliphatic carbocycles. The normalized spacial score (nSPS) is 16.7. The van der Waals surface area contributed by atoms with Crippen molar-refractivity contribution in [1.29, 1.82) is 0 Å². The number of nitrogens with one attached hydrogen (secondary N) is 2. The van der Waals surface area contributed by atoms with Crippen LogP contribution in [0.15, 0.2) is 18.2 Å². The molecule has 180 valence electrons. The lowest BCUT2D eigenvalue weighted by Gasteiger charge is -2.30. The summed E-state index contributed by atoms with van der Waals surface area (Å²) in [5, 5.41) is 8.16. The number of aromatic nitrogens is 3. The number of halogens is 1. The average molecular weight is 468 g/mol. The second-order valence-electron chi connectivity index (χ2n) is 9.82. The number of aryl methyl sites for hydroxylation is 1. The van der Waals surface area contributed by atoms with Crippen molar-refractivity contribution in [2.45, 2.75) is 58.2 Å². The Labute approximate surface area is 197 Å². The second-order valence-corrected chi connectivity index (χ2v) is 9.82. The van der Waals surface area contributed by atoms with E-state index in [1.165, 1.54) is 12.1 Å². The van der Waals surface area contributed by atoms with Gasteiger partial charge in [0.2, 0.25) is 0 Å². The third-order valence-corrected chi connectivity index (χ3v) is 7.09. The fourth-order valence-electron chi connectivity index (χ4n) is 4.72. The zero-order valence-electron chi connectivity index (χ0n) is 20.0. The van der Waals surface area contributed by atoms with Gasteiger partial charge in [-0.15, -0.1) is 0 Å². The molecule has 2 aliphatic rings. The Hall–Kier alpha value is -3.20. The zero-order valence-corrected chi connectivity index (χ0v) is 20.0. The van der Waals surface area contributed by atoms with Crippen LogP contribution in [0.25, 0.3) is 10.9 Å². The number of hydrogen-bond donors (Lipinski definition) is 2. The highest BCUT2D eigenvalue weighted by atomic mass is 19.1. The van der Waals surface area contributed by atoms with E-state index in [4.69, 9.17) is 4.74 Å². The molecule has 8 nitrogen and oxygen atoms in total. The van der Waals surface area contributed by atoms with E-state index >= 15 is 0 Å². The first-order chi connectivity index (χ1) is 16.2. The number of carbonyl (C=O) groups excluding carboxylic acids is 2. The van der Waals surface area contributed by atoms with Gasteiger partial charge in [0, 0.05) is 42.2 Å². The van der Waals surface area contributed by atoms with Gasteiger partial charge in [0.15, 0.2) is 5.69 Å². The standard InChI is InChI=1S/C25H30FN5O3/c1-14(2)34-13-25(6-7-25)30(4)24(33)22-18-12-31(8-5-19(18)28-29-22)23(32)21-11-17-15(3)9-16(26)10-20(17)27-21/h9-11,14,27H,5-8,12-13H2,1-4H3,(H,28,29). The summed E-state index contributed by atoms with van der Waals surface area (Å²) in [4.78, 5) is 33.2. The maximum absolute atomic E-state index is 13.8. The molecule has 0 saturated heterocycles. The summed E-state index contributed by atoms with van der Waals surface area (Å²) in [5.41, 5.74) is 3.50. The molecule has 1 aromatic carbocycles. The van der Waals surface area contributed by atoms with Crippen molar-refractivity contribution in [2.75, 3.05) is 20.2 Å². The topological polar surface area (TPSA) is 94.3 Å². The van der Waals surface area contributed by atoms with E-state index in [-0.39, 0.29) is 35.8 Å². The van der Waals surface area contributed by atoms with E-state index in [0.717, 1.165) is 35.0 Å². The number of amides is 2. The van der Waals surface area contributed by atoms with Gasteiger partial charge in [-0.1, -0.05) is 0 Å². The van der Waals surface area contributed by atoms with Crippen molar-refractivity contribution in [3.63, 3.8) is 0 Å². The molecule has 3 aromatic rings. The second kappa shape index (κ2) is 8.23. The molecule has 2 N–H and O–H groups in total. The van der Waals surface area contributed by atoms with Gasteiger partial charge < -0.3 is 19.5 Å². The summed E-state index contributed by atoms with van der Waals surface area (Å²) in [6, 6.07) is 4.62.